The topological polar surface area (TPSA) is 68.2 Å². The van der Waals surface area contributed by atoms with E-state index >= 15 is 4.39 Å². The molecule has 1 aliphatic rings. The third-order valence-electron chi connectivity index (χ3n) is 4.46. The largest absolute Gasteiger partial charge is 0.453 e. The number of carbonyl (C=O) groups is 1. The van der Waals surface area contributed by atoms with Crippen LogP contribution < -0.4 is 10.6 Å². The van der Waals surface area contributed by atoms with E-state index in [1.807, 2.05) is 37.3 Å². The summed E-state index contributed by atoms with van der Waals surface area (Å²) >= 11 is 0. The van der Waals surface area contributed by atoms with E-state index in [1.165, 1.54) is 7.11 Å². The van der Waals surface area contributed by atoms with Crippen LogP contribution in [0.1, 0.15) is 43.6 Å². The Morgan fingerprint density at radius 2 is 2.12 bits per heavy atom. The van der Waals surface area contributed by atoms with Crippen LogP contribution in [0.2, 0.25) is 0 Å². The Kier molecular flexibility index (Phi) is 5.88. The Hall–Kier alpha value is -2.41. The highest BCUT2D eigenvalue weighted by Gasteiger charge is 2.28. The fourth-order valence-corrected chi connectivity index (χ4v) is 2.93. The summed E-state index contributed by atoms with van der Waals surface area (Å²) in [5, 5.41) is 10.6. The number of halogens is 1. The molecule has 0 aliphatic heterocycles. The molecule has 1 amide bonds. The first-order valence-electron chi connectivity index (χ1n) is 9.00. The third-order valence-corrected chi connectivity index (χ3v) is 4.46. The van der Waals surface area contributed by atoms with E-state index in [0.717, 1.165) is 18.5 Å². The lowest BCUT2D eigenvalue weighted by atomic mass is 10.1. The van der Waals surface area contributed by atoms with Gasteiger partial charge in [-0.3, -0.25) is 0 Å². The van der Waals surface area contributed by atoms with Gasteiger partial charge in [0.25, 0.3) is 0 Å². The molecule has 2 aromatic rings. The molecule has 1 saturated carbocycles. The molecule has 1 fully saturated rings. The van der Waals surface area contributed by atoms with Crippen molar-refractivity contribution in [1.29, 1.82) is 0 Å². The SMILES string of the molecule is COC(=O)NCCCc1c(F)c([C@@H](C)NC2CC2)nn1-c1ccccc1. The predicted molar refractivity (Wildman–Crippen MR) is 96.8 cm³/mol. The van der Waals surface area contributed by atoms with Crippen molar-refractivity contribution in [1.82, 2.24) is 20.4 Å². The molecule has 6 nitrogen and oxygen atoms in total. The number of ether oxygens (including phenoxy) is 1. The molecule has 1 aromatic heterocycles. The number of aromatic nitrogens is 2. The van der Waals surface area contributed by atoms with Gasteiger partial charge in [-0.25, -0.2) is 13.9 Å². The number of rotatable bonds is 8. The van der Waals surface area contributed by atoms with Gasteiger partial charge in [-0.2, -0.15) is 5.10 Å². The van der Waals surface area contributed by atoms with Gasteiger partial charge >= 0.3 is 6.09 Å². The molecule has 1 atom stereocenters. The van der Waals surface area contributed by atoms with Crippen LogP contribution in [0.4, 0.5) is 9.18 Å². The molecule has 140 valence electrons. The number of benzene rings is 1. The molecule has 0 saturated heterocycles. The van der Waals surface area contributed by atoms with Gasteiger partial charge in [0.2, 0.25) is 0 Å². The van der Waals surface area contributed by atoms with Gasteiger partial charge < -0.3 is 15.4 Å². The number of para-hydroxylation sites is 1. The Bertz CT molecular complexity index is 743. The van der Waals surface area contributed by atoms with Crippen molar-refractivity contribution in [3.63, 3.8) is 0 Å². The van der Waals surface area contributed by atoms with Crippen LogP contribution in [0.5, 0.6) is 0 Å². The summed E-state index contributed by atoms with van der Waals surface area (Å²) < 4.78 is 21.3. The van der Waals surface area contributed by atoms with Crippen molar-refractivity contribution in [2.24, 2.45) is 0 Å². The molecule has 0 bridgehead atoms. The van der Waals surface area contributed by atoms with E-state index in [-0.39, 0.29) is 11.9 Å². The lowest BCUT2D eigenvalue weighted by Crippen LogP contribution is -2.24. The number of alkyl carbamates (subject to hydrolysis) is 1. The number of hydrogen-bond donors (Lipinski definition) is 2. The van der Waals surface area contributed by atoms with Crippen LogP contribution in [0.25, 0.3) is 5.69 Å². The molecule has 2 N–H and O–H groups in total. The number of methoxy groups -OCH3 is 1. The van der Waals surface area contributed by atoms with Gasteiger partial charge in [0, 0.05) is 12.6 Å². The van der Waals surface area contributed by atoms with E-state index in [1.54, 1.807) is 4.68 Å². The second-order valence-corrected chi connectivity index (χ2v) is 6.58. The second kappa shape index (κ2) is 8.31. The zero-order valence-electron chi connectivity index (χ0n) is 15.2. The van der Waals surface area contributed by atoms with Crippen LogP contribution in [-0.2, 0) is 11.2 Å². The number of carbonyl (C=O) groups excluding carboxylic acids is 1. The number of nitrogens with one attached hydrogen (secondary N) is 2. The van der Waals surface area contributed by atoms with Gasteiger partial charge in [-0.1, -0.05) is 18.2 Å². The van der Waals surface area contributed by atoms with Crippen LogP contribution in [-0.4, -0.2) is 35.6 Å². The van der Waals surface area contributed by atoms with Gasteiger partial charge in [-0.15, -0.1) is 0 Å². The van der Waals surface area contributed by atoms with E-state index in [4.69, 9.17) is 0 Å². The monoisotopic (exact) mass is 360 g/mol. The first-order valence-corrected chi connectivity index (χ1v) is 9.00. The maximum atomic E-state index is 15.1. The quantitative estimate of drug-likeness (QED) is 0.710. The average molecular weight is 360 g/mol. The highest BCUT2D eigenvalue weighted by Crippen LogP contribution is 2.27. The minimum atomic E-state index is -0.481. The summed E-state index contributed by atoms with van der Waals surface area (Å²) in [7, 11) is 1.32. The molecule has 26 heavy (non-hydrogen) atoms. The van der Waals surface area contributed by atoms with Crippen molar-refractivity contribution in [2.75, 3.05) is 13.7 Å². The third kappa shape index (κ3) is 4.40. The molecule has 1 heterocycles. The van der Waals surface area contributed by atoms with Gasteiger partial charge in [0.1, 0.15) is 5.69 Å². The maximum absolute atomic E-state index is 15.1. The van der Waals surface area contributed by atoms with Crippen molar-refractivity contribution in [3.8, 4) is 5.69 Å². The average Bonchev–Trinajstić information content (AvgIpc) is 3.41. The number of nitrogens with zero attached hydrogens (tertiary/aromatic N) is 2. The molecule has 3 rings (SSSR count). The van der Waals surface area contributed by atoms with Gasteiger partial charge in [0.05, 0.1) is 24.5 Å². The van der Waals surface area contributed by atoms with E-state index in [9.17, 15) is 4.79 Å². The van der Waals surface area contributed by atoms with Crippen LogP contribution in [0.3, 0.4) is 0 Å². The predicted octanol–water partition coefficient (Wildman–Crippen LogP) is 3.11. The number of amides is 1. The summed E-state index contributed by atoms with van der Waals surface area (Å²) in [5.41, 5.74) is 1.80. The molecule has 7 heteroatoms. The minimum Gasteiger partial charge on any atom is -0.453 e. The number of hydrogen-bond acceptors (Lipinski definition) is 4. The Balaban J connectivity index is 1.79. The lowest BCUT2D eigenvalue weighted by molar-refractivity contribution is 0.171. The van der Waals surface area contributed by atoms with Crippen molar-refractivity contribution in [3.05, 3.63) is 47.5 Å². The summed E-state index contributed by atoms with van der Waals surface area (Å²) in [6.45, 7) is 2.36. The molecule has 0 spiro atoms. The molecular weight excluding hydrogens is 335 g/mol. The molecule has 0 radical (unpaired) electrons. The lowest BCUT2D eigenvalue weighted by Gasteiger charge is -2.10. The summed E-state index contributed by atoms with van der Waals surface area (Å²) in [5.74, 6) is -0.271. The summed E-state index contributed by atoms with van der Waals surface area (Å²) in [4.78, 5) is 11.1. The van der Waals surface area contributed by atoms with Crippen molar-refractivity contribution in [2.45, 2.75) is 44.7 Å². The van der Waals surface area contributed by atoms with Gasteiger partial charge in [0.15, 0.2) is 5.82 Å². The fraction of sp³-hybridized carbons (Fsp3) is 0.474. The smallest absolute Gasteiger partial charge is 0.406 e. The molecule has 1 aromatic carbocycles. The highest BCUT2D eigenvalue weighted by molar-refractivity contribution is 5.66. The standard InChI is InChI=1S/C19H25FN4O2/c1-13(22-14-10-11-14)18-17(20)16(9-6-12-21-19(25)26-2)24(23-18)15-7-4-3-5-8-15/h3-5,7-8,13-14,22H,6,9-12H2,1-2H3,(H,21,25)/t13-/m1/s1. The molecule has 0 unspecified atom stereocenters. The zero-order valence-corrected chi connectivity index (χ0v) is 15.2. The van der Waals surface area contributed by atoms with E-state index < -0.39 is 6.09 Å². The van der Waals surface area contributed by atoms with Crippen LogP contribution >= 0.6 is 0 Å². The van der Waals surface area contributed by atoms with E-state index in [0.29, 0.717) is 36.8 Å². The maximum Gasteiger partial charge on any atom is 0.406 e. The Morgan fingerprint density at radius 1 is 1.38 bits per heavy atom. The van der Waals surface area contributed by atoms with E-state index in [2.05, 4.69) is 20.5 Å². The minimum absolute atomic E-state index is 0.139. The normalized spacial score (nSPS) is 14.9. The van der Waals surface area contributed by atoms with Gasteiger partial charge in [-0.05, 0) is 44.7 Å². The molecular formula is C19H25FN4O2. The second-order valence-electron chi connectivity index (χ2n) is 6.58. The zero-order chi connectivity index (χ0) is 18.5. The first kappa shape index (κ1) is 18.4. The van der Waals surface area contributed by atoms with Crippen molar-refractivity contribution < 1.29 is 13.9 Å². The molecule has 1 aliphatic carbocycles. The first-order chi connectivity index (χ1) is 12.6. The fourth-order valence-electron chi connectivity index (χ4n) is 2.93. The summed E-state index contributed by atoms with van der Waals surface area (Å²) in [6, 6.07) is 9.88. The van der Waals surface area contributed by atoms with Crippen LogP contribution in [0, 0.1) is 5.82 Å². The highest BCUT2D eigenvalue weighted by atomic mass is 19.1. The summed E-state index contributed by atoms with van der Waals surface area (Å²) in [6.07, 6.45) is 2.85. The van der Waals surface area contributed by atoms with Crippen molar-refractivity contribution >= 4 is 6.09 Å². The Morgan fingerprint density at radius 3 is 2.77 bits per heavy atom. The Labute approximate surface area is 152 Å². The van der Waals surface area contributed by atoms with Crippen LogP contribution in [0.15, 0.2) is 30.3 Å².